The first-order valence-corrected chi connectivity index (χ1v) is 5.99. The zero-order chi connectivity index (χ0) is 13.3. The fourth-order valence-electron chi connectivity index (χ4n) is 2.59. The second-order valence-corrected chi connectivity index (χ2v) is 4.70. The van der Waals surface area contributed by atoms with Gasteiger partial charge in [0, 0.05) is 38.5 Å². The van der Waals surface area contributed by atoms with Crippen LogP contribution in [0.15, 0.2) is 0 Å². The minimum atomic E-state index is -0.791. The fourth-order valence-corrected chi connectivity index (χ4v) is 2.59. The summed E-state index contributed by atoms with van der Waals surface area (Å²) in [5, 5.41) is 0. The van der Waals surface area contributed by atoms with Crippen LogP contribution in [-0.2, 0) is 28.6 Å². The summed E-state index contributed by atoms with van der Waals surface area (Å²) < 4.78 is 15.5. The number of rotatable bonds is 2. The zero-order valence-electron chi connectivity index (χ0n) is 10.4. The second-order valence-electron chi connectivity index (χ2n) is 4.70. The molecule has 1 saturated carbocycles. The van der Waals surface area contributed by atoms with E-state index in [4.69, 9.17) is 14.2 Å². The summed E-state index contributed by atoms with van der Waals surface area (Å²) in [6.07, 6.45) is -0.152. The van der Waals surface area contributed by atoms with E-state index in [9.17, 15) is 14.4 Å². The number of carbonyl (C=O) groups is 3. The number of esters is 2. The molecule has 0 aromatic carbocycles. The monoisotopic (exact) mass is 256 g/mol. The summed E-state index contributed by atoms with van der Waals surface area (Å²) in [4.78, 5) is 33.4. The molecule has 0 aromatic rings. The van der Waals surface area contributed by atoms with E-state index < -0.39 is 24.5 Å². The van der Waals surface area contributed by atoms with Crippen LogP contribution < -0.4 is 0 Å². The van der Waals surface area contributed by atoms with Crippen LogP contribution in [0.5, 0.6) is 0 Å². The molecule has 6 nitrogen and oxygen atoms in total. The van der Waals surface area contributed by atoms with Crippen LogP contribution in [0.3, 0.4) is 0 Å². The van der Waals surface area contributed by atoms with Crippen LogP contribution in [0.1, 0.15) is 33.1 Å². The molecule has 100 valence electrons. The van der Waals surface area contributed by atoms with Gasteiger partial charge in [-0.3, -0.25) is 14.4 Å². The second kappa shape index (κ2) is 5.06. The van der Waals surface area contributed by atoms with E-state index in [0.717, 1.165) is 0 Å². The maximum absolute atomic E-state index is 11.5. The van der Waals surface area contributed by atoms with Crippen molar-refractivity contribution in [3.8, 4) is 0 Å². The highest BCUT2D eigenvalue weighted by Crippen LogP contribution is 2.42. The highest BCUT2D eigenvalue weighted by molar-refractivity contribution is 5.79. The molecule has 1 aliphatic carbocycles. The normalized spacial score (nSPS) is 34.9. The largest absolute Gasteiger partial charge is 0.435 e. The first-order valence-electron chi connectivity index (χ1n) is 5.99. The summed E-state index contributed by atoms with van der Waals surface area (Å²) in [5.41, 5.74) is 0. The smallest absolute Gasteiger partial charge is 0.304 e. The van der Waals surface area contributed by atoms with Crippen LogP contribution in [0.25, 0.3) is 0 Å². The Morgan fingerprint density at radius 3 is 2.22 bits per heavy atom. The Morgan fingerprint density at radius 1 is 1.11 bits per heavy atom. The molecule has 2 fully saturated rings. The van der Waals surface area contributed by atoms with Gasteiger partial charge in [0.2, 0.25) is 12.6 Å². The lowest BCUT2D eigenvalue weighted by Crippen LogP contribution is -2.32. The highest BCUT2D eigenvalue weighted by atomic mass is 16.8. The van der Waals surface area contributed by atoms with Gasteiger partial charge in [0.05, 0.1) is 0 Å². The van der Waals surface area contributed by atoms with Gasteiger partial charge in [-0.15, -0.1) is 0 Å². The van der Waals surface area contributed by atoms with Gasteiger partial charge in [-0.25, -0.2) is 0 Å². The van der Waals surface area contributed by atoms with E-state index in [1.54, 1.807) is 0 Å². The summed E-state index contributed by atoms with van der Waals surface area (Å²) in [5.74, 6) is -1.07. The summed E-state index contributed by atoms with van der Waals surface area (Å²) >= 11 is 0. The first kappa shape index (κ1) is 13.0. The van der Waals surface area contributed by atoms with Crippen LogP contribution >= 0.6 is 0 Å². The summed E-state index contributed by atoms with van der Waals surface area (Å²) in [7, 11) is 0. The summed E-state index contributed by atoms with van der Waals surface area (Å²) in [6.45, 7) is 2.58. The molecule has 2 aliphatic rings. The topological polar surface area (TPSA) is 78.9 Å². The minimum absolute atomic E-state index is 0.0732. The van der Waals surface area contributed by atoms with Crippen molar-refractivity contribution in [2.24, 2.45) is 11.8 Å². The minimum Gasteiger partial charge on any atom is -0.435 e. The maximum atomic E-state index is 11.5. The standard InChI is InChI=1S/C12H16O6/c1-6(13)16-11-9-4-3-8(15)5-10(9)12(18-11)17-7(2)14/h9-12H,3-5H2,1-2H3/t9-,10+,11-,12+/m1/s1. The molecule has 1 aliphatic heterocycles. The molecule has 18 heavy (non-hydrogen) atoms. The lowest BCUT2D eigenvalue weighted by molar-refractivity contribution is -0.214. The number of carbonyl (C=O) groups excluding carboxylic acids is 3. The van der Waals surface area contributed by atoms with Crippen LogP contribution in [0.2, 0.25) is 0 Å². The molecule has 0 aromatic heterocycles. The van der Waals surface area contributed by atoms with Gasteiger partial charge in [-0.05, 0) is 6.42 Å². The van der Waals surface area contributed by atoms with E-state index in [1.807, 2.05) is 0 Å². The molecule has 4 atom stereocenters. The Balaban J connectivity index is 2.10. The Kier molecular flexibility index (Phi) is 3.65. The lowest BCUT2D eigenvalue weighted by Gasteiger charge is -2.26. The molecule has 0 spiro atoms. The molecule has 0 unspecified atom stereocenters. The lowest BCUT2D eigenvalue weighted by atomic mass is 9.79. The molecule has 0 N–H and O–H groups in total. The van der Waals surface area contributed by atoms with Crippen molar-refractivity contribution in [1.82, 2.24) is 0 Å². The fraction of sp³-hybridized carbons (Fsp3) is 0.750. The number of fused-ring (bicyclic) bond motifs is 1. The van der Waals surface area contributed by atoms with E-state index in [2.05, 4.69) is 0 Å². The third-order valence-corrected chi connectivity index (χ3v) is 3.30. The predicted molar refractivity (Wildman–Crippen MR) is 58.0 cm³/mol. The van der Waals surface area contributed by atoms with Gasteiger partial charge in [0.15, 0.2) is 0 Å². The highest BCUT2D eigenvalue weighted by Gasteiger charge is 2.50. The average molecular weight is 256 g/mol. The SMILES string of the molecule is CC(=O)O[C@H]1O[C@@H](OC(C)=O)[C@@H]2CCC(=O)C[C@H]12. The van der Waals surface area contributed by atoms with Crippen molar-refractivity contribution >= 4 is 17.7 Å². The first-order chi connectivity index (χ1) is 8.47. The van der Waals surface area contributed by atoms with Gasteiger partial charge in [0.25, 0.3) is 0 Å². The average Bonchev–Trinajstić information content (AvgIpc) is 2.54. The van der Waals surface area contributed by atoms with Gasteiger partial charge >= 0.3 is 11.9 Å². The zero-order valence-corrected chi connectivity index (χ0v) is 10.4. The van der Waals surface area contributed by atoms with Crippen molar-refractivity contribution in [2.75, 3.05) is 0 Å². The maximum Gasteiger partial charge on any atom is 0.304 e. The van der Waals surface area contributed by atoms with Crippen LogP contribution in [0.4, 0.5) is 0 Å². The third kappa shape index (κ3) is 2.69. The molecule has 0 radical (unpaired) electrons. The van der Waals surface area contributed by atoms with Gasteiger partial charge in [-0.2, -0.15) is 0 Å². The molecule has 6 heteroatoms. The third-order valence-electron chi connectivity index (χ3n) is 3.30. The van der Waals surface area contributed by atoms with E-state index in [-0.39, 0.29) is 17.6 Å². The molecular formula is C12H16O6. The van der Waals surface area contributed by atoms with Crippen molar-refractivity contribution in [2.45, 2.75) is 45.7 Å². The Bertz CT molecular complexity index is 377. The molecule has 2 rings (SSSR count). The quantitative estimate of drug-likeness (QED) is 0.679. The van der Waals surface area contributed by atoms with E-state index >= 15 is 0 Å². The number of ketones is 1. The Labute approximate surface area is 105 Å². The number of ether oxygens (including phenoxy) is 3. The van der Waals surface area contributed by atoms with E-state index in [0.29, 0.717) is 19.3 Å². The van der Waals surface area contributed by atoms with Gasteiger partial charge in [0.1, 0.15) is 5.78 Å². The molecule has 1 heterocycles. The van der Waals surface area contributed by atoms with Crippen molar-refractivity contribution < 1.29 is 28.6 Å². The van der Waals surface area contributed by atoms with Crippen LogP contribution in [0, 0.1) is 11.8 Å². The van der Waals surface area contributed by atoms with Crippen LogP contribution in [-0.4, -0.2) is 30.3 Å². The number of hydrogen-bond donors (Lipinski definition) is 0. The molecule has 0 amide bonds. The summed E-state index contributed by atoms with van der Waals surface area (Å²) in [6, 6.07) is 0. The van der Waals surface area contributed by atoms with E-state index in [1.165, 1.54) is 13.8 Å². The number of hydrogen-bond acceptors (Lipinski definition) is 6. The Hall–Kier alpha value is -1.43. The molecule has 1 saturated heterocycles. The molecular weight excluding hydrogens is 240 g/mol. The number of Topliss-reactive ketones (excluding diaryl/α,β-unsaturated/α-hetero) is 1. The molecule has 0 bridgehead atoms. The van der Waals surface area contributed by atoms with Gasteiger partial charge in [-0.1, -0.05) is 0 Å². The van der Waals surface area contributed by atoms with Gasteiger partial charge < -0.3 is 14.2 Å². The van der Waals surface area contributed by atoms with Crippen molar-refractivity contribution in [3.63, 3.8) is 0 Å². The Morgan fingerprint density at radius 2 is 1.67 bits per heavy atom. The predicted octanol–water partition coefficient (Wildman–Crippen LogP) is 0.780. The van der Waals surface area contributed by atoms with Crippen molar-refractivity contribution in [1.29, 1.82) is 0 Å². The van der Waals surface area contributed by atoms with Crippen molar-refractivity contribution in [3.05, 3.63) is 0 Å².